The molecule has 222 valence electrons. The van der Waals surface area contributed by atoms with Crippen LogP contribution in [0.15, 0.2) is 83.4 Å². The first kappa shape index (κ1) is 28.8. The summed E-state index contributed by atoms with van der Waals surface area (Å²) in [4.78, 5) is 43.0. The summed E-state index contributed by atoms with van der Waals surface area (Å²) in [6.07, 6.45) is 3.66. The van der Waals surface area contributed by atoms with Gasteiger partial charge in [-0.3, -0.25) is 19.4 Å². The lowest BCUT2D eigenvalue weighted by Crippen LogP contribution is -2.21. The number of nitrogens with two attached hydrogens (primary N) is 1. The van der Waals surface area contributed by atoms with Crippen molar-refractivity contribution in [1.29, 1.82) is 0 Å². The summed E-state index contributed by atoms with van der Waals surface area (Å²) in [5.41, 5.74) is 9.86. The Morgan fingerprint density at radius 3 is 2.43 bits per heavy atom. The number of aromatic nitrogens is 1. The highest BCUT2D eigenvalue weighted by molar-refractivity contribution is 6.12. The minimum absolute atomic E-state index is 0.136. The molecule has 8 nitrogen and oxygen atoms in total. The molecule has 5 aromatic rings. The maximum atomic E-state index is 13.9. The Kier molecular flexibility index (Phi) is 7.47. The van der Waals surface area contributed by atoms with E-state index in [9.17, 15) is 18.8 Å². The van der Waals surface area contributed by atoms with E-state index in [-0.39, 0.29) is 35.9 Å². The molecule has 2 heterocycles. The molecule has 1 aliphatic rings. The number of furan rings is 1. The van der Waals surface area contributed by atoms with Gasteiger partial charge in [-0.25, -0.2) is 4.39 Å². The van der Waals surface area contributed by atoms with Crippen molar-refractivity contribution in [2.75, 3.05) is 13.7 Å². The number of primary amides is 1. The van der Waals surface area contributed by atoms with Crippen molar-refractivity contribution < 1.29 is 27.9 Å². The summed E-state index contributed by atoms with van der Waals surface area (Å²) >= 11 is 0. The zero-order chi connectivity index (χ0) is 31.0. The summed E-state index contributed by atoms with van der Waals surface area (Å²) in [5.74, 6) is -0.939. The van der Waals surface area contributed by atoms with Crippen LogP contribution in [0.3, 0.4) is 0 Å². The van der Waals surface area contributed by atoms with Gasteiger partial charge in [0.25, 0.3) is 11.8 Å². The van der Waals surface area contributed by atoms with Gasteiger partial charge < -0.3 is 20.2 Å². The summed E-state index contributed by atoms with van der Waals surface area (Å²) < 4.78 is 25.5. The van der Waals surface area contributed by atoms with Crippen molar-refractivity contribution in [2.24, 2.45) is 5.73 Å². The van der Waals surface area contributed by atoms with E-state index in [1.165, 1.54) is 19.2 Å². The molecule has 44 heavy (non-hydrogen) atoms. The van der Waals surface area contributed by atoms with Crippen molar-refractivity contribution in [1.82, 2.24) is 10.3 Å². The zero-order valence-corrected chi connectivity index (χ0v) is 24.3. The van der Waals surface area contributed by atoms with E-state index < -0.39 is 11.7 Å². The lowest BCUT2D eigenvalue weighted by atomic mass is 9.89. The minimum atomic E-state index is -0.652. The Hall–Kier alpha value is -5.31. The van der Waals surface area contributed by atoms with Gasteiger partial charge in [-0.2, -0.15) is 0 Å². The molecule has 3 aromatic carbocycles. The number of rotatable bonds is 10. The molecule has 0 atom stereocenters. The van der Waals surface area contributed by atoms with Gasteiger partial charge in [0.1, 0.15) is 22.9 Å². The van der Waals surface area contributed by atoms with Crippen LogP contribution in [0.5, 0.6) is 5.75 Å². The Morgan fingerprint density at radius 2 is 1.77 bits per heavy atom. The number of benzene rings is 3. The first-order valence-corrected chi connectivity index (χ1v) is 14.2. The molecule has 2 amide bonds. The van der Waals surface area contributed by atoms with Gasteiger partial charge in [0.05, 0.1) is 11.1 Å². The fourth-order valence-electron chi connectivity index (χ4n) is 5.65. The number of hydrogen-bond donors (Lipinski definition) is 2. The number of fused-ring (bicyclic) bond motifs is 1. The monoisotopic (exact) mass is 591 g/mol. The van der Waals surface area contributed by atoms with Crippen LogP contribution in [0.25, 0.3) is 33.4 Å². The molecule has 0 saturated heterocycles. The van der Waals surface area contributed by atoms with Crippen LogP contribution in [-0.2, 0) is 10.2 Å². The molecule has 3 N–H and O–H groups in total. The van der Waals surface area contributed by atoms with Crippen molar-refractivity contribution in [3.63, 3.8) is 0 Å². The number of ether oxygens (including phenoxy) is 1. The van der Waals surface area contributed by atoms with Gasteiger partial charge in [0, 0.05) is 41.7 Å². The Bertz CT molecular complexity index is 1910. The van der Waals surface area contributed by atoms with E-state index in [4.69, 9.17) is 14.9 Å². The van der Waals surface area contributed by atoms with Crippen molar-refractivity contribution >= 4 is 28.6 Å². The molecule has 9 heteroatoms. The van der Waals surface area contributed by atoms with Gasteiger partial charge in [-0.15, -0.1) is 0 Å². The Morgan fingerprint density at radius 1 is 1.02 bits per heavy atom. The van der Waals surface area contributed by atoms with Crippen molar-refractivity contribution in [3.8, 4) is 28.2 Å². The second-order valence-electron chi connectivity index (χ2n) is 11.1. The number of aryl methyl sites for hydroxylation is 1. The van der Waals surface area contributed by atoms with Gasteiger partial charge >= 0.3 is 0 Å². The van der Waals surface area contributed by atoms with Gasteiger partial charge in [0.15, 0.2) is 12.4 Å². The SMILES string of the molecule is CNC(=O)c1c(-c2ccc(F)cc2)oc2ccc(-c3cc(C(=O)CC4(c5ccccn5)CC4)c(OCC(N)=O)cc3C)cc12. The first-order chi connectivity index (χ1) is 21.2. The number of carbonyl (C=O) groups is 3. The highest BCUT2D eigenvalue weighted by Gasteiger charge is 2.47. The zero-order valence-electron chi connectivity index (χ0n) is 24.3. The molecule has 6 rings (SSSR count). The van der Waals surface area contributed by atoms with Crippen molar-refractivity contribution in [3.05, 3.63) is 107 Å². The van der Waals surface area contributed by atoms with Crippen LogP contribution < -0.4 is 15.8 Å². The smallest absolute Gasteiger partial charge is 0.255 e. The Balaban J connectivity index is 1.44. The predicted octanol–water partition coefficient (Wildman–Crippen LogP) is 6.14. The van der Waals surface area contributed by atoms with Crippen LogP contribution in [0.1, 0.15) is 51.2 Å². The van der Waals surface area contributed by atoms with Crippen LogP contribution >= 0.6 is 0 Å². The highest BCUT2D eigenvalue weighted by atomic mass is 19.1. The number of amides is 2. The fraction of sp³-hybridized carbons (Fsp3) is 0.200. The molecule has 0 radical (unpaired) electrons. The molecule has 1 saturated carbocycles. The van der Waals surface area contributed by atoms with E-state index in [2.05, 4.69) is 10.3 Å². The maximum absolute atomic E-state index is 13.9. The molecule has 1 aliphatic carbocycles. The standard InChI is InChI=1S/C35H30FN3O5/c1-20-15-29(43-19-31(37)41)25(27(40)18-35(12-13-35)30-5-3-4-14-39-30)17-24(20)22-8-11-28-26(16-22)32(34(42)38-2)33(44-28)21-6-9-23(36)10-7-21/h3-11,14-17H,12-13,18-19H2,1-2H3,(H2,37,41)(H,38,42). The van der Waals surface area contributed by atoms with Gasteiger partial charge in [-0.05, 0) is 97.1 Å². The number of nitrogens with zero attached hydrogens (tertiary/aromatic N) is 1. The van der Waals surface area contributed by atoms with Crippen LogP contribution in [0.2, 0.25) is 0 Å². The van der Waals surface area contributed by atoms with E-state index in [1.54, 1.807) is 36.5 Å². The van der Waals surface area contributed by atoms with E-state index in [0.717, 1.165) is 35.2 Å². The summed E-state index contributed by atoms with van der Waals surface area (Å²) in [6, 6.07) is 20.4. The fourth-order valence-corrected chi connectivity index (χ4v) is 5.65. The number of Topliss-reactive ketones (excluding diaryl/α,β-unsaturated/α-hetero) is 1. The third-order valence-corrected chi connectivity index (χ3v) is 8.12. The number of pyridine rings is 1. The average Bonchev–Trinajstić information content (AvgIpc) is 3.71. The van der Waals surface area contributed by atoms with E-state index in [1.807, 2.05) is 37.3 Å². The van der Waals surface area contributed by atoms with Crippen LogP contribution in [-0.4, -0.2) is 36.2 Å². The highest BCUT2D eigenvalue weighted by Crippen LogP contribution is 2.51. The van der Waals surface area contributed by atoms with Gasteiger partial charge in [0.2, 0.25) is 0 Å². The largest absolute Gasteiger partial charge is 0.483 e. The van der Waals surface area contributed by atoms with E-state index in [0.29, 0.717) is 33.4 Å². The quantitative estimate of drug-likeness (QED) is 0.188. The first-order valence-electron chi connectivity index (χ1n) is 14.2. The molecular weight excluding hydrogens is 561 g/mol. The molecule has 0 unspecified atom stereocenters. The number of carbonyl (C=O) groups excluding carboxylic acids is 3. The molecule has 0 bridgehead atoms. The number of hydrogen-bond acceptors (Lipinski definition) is 6. The summed E-state index contributed by atoms with van der Waals surface area (Å²) in [6.45, 7) is 1.51. The second-order valence-corrected chi connectivity index (χ2v) is 11.1. The predicted molar refractivity (Wildman–Crippen MR) is 164 cm³/mol. The van der Waals surface area contributed by atoms with E-state index >= 15 is 0 Å². The second kappa shape index (κ2) is 11.4. The maximum Gasteiger partial charge on any atom is 0.255 e. The molecule has 1 fully saturated rings. The van der Waals surface area contributed by atoms with Crippen LogP contribution in [0.4, 0.5) is 4.39 Å². The third kappa shape index (κ3) is 5.44. The molecule has 0 aliphatic heterocycles. The summed E-state index contributed by atoms with van der Waals surface area (Å²) in [5, 5.41) is 3.23. The molecular formula is C35H30FN3O5. The van der Waals surface area contributed by atoms with Crippen molar-refractivity contribution in [2.45, 2.75) is 31.6 Å². The lowest BCUT2D eigenvalue weighted by molar-refractivity contribution is -0.119. The molecule has 0 spiro atoms. The lowest BCUT2D eigenvalue weighted by Gasteiger charge is -2.18. The van der Waals surface area contributed by atoms with Crippen LogP contribution in [0, 0.1) is 12.7 Å². The summed E-state index contributed by atoms with van der Waals surface area (Å²) in [7, 11) is 1.53. The Labute approximate surface area is 253 Å². The number of nitrogens with one attached hydrogen (secondary N) is 1. The number of ketones is 1. The van der Waals surface area contributed by atoms with Gasteiger partial charge in [-0.1, -0.05) is 12.1 Å². The molecule has 2 aromatic heterocycles. The average molecular weight is 592 g/mol. The normalized spacial score (nSPS) is 13.4. The topological polar surface area (TPSA) is 125 Å². The number of halogens is 1. The minimum Gasteiger partial charge on any atom is -0.483 e. The third-order valence-electron chi connectivity index (χ3n) is 8.12.